The first kappa shape index (κ1) is 19.2. The largest absolute Gasteiger partial charge is 0.462 e. The smallest absolute Gasteiger partial charge is 0.341 e. The monoisotopic (exact) mass is 397 g/mol. The minimum absolute atomic E-state index is 0.0142. The maximum Gasteiger partial charge on any atom is 0.341 e. The lowest BCUT2D eigenvalue weighted by molar-refractivity contribution is -0.121. The van der Waals surface area contributed by atoms with Crippen LogP contribution in [0.3, 0.4) is 0 Å². The SMILES string of the molecule is CCOC(=O)c1c(NC(=O)C2(c3ccccc3)CCCC2)sc2c1CCCC2. The molecule has 2 aromatic rings. The molecule has 1 fully saturated rings. The molecule has 0 saturated heterocycles. The van der Waals surface area contributed by atoms with Gasteiger partial charge in [0.2, 0.25) is 5.91 Å². The molecule has 0 aliphatic heterocycles. The topological polar surface area (TPSA) is 55.4 Å². The third-order valence-corrected chi connectivity index (χ3v) is 7.30. The Balaban J connectivity index is 1.69. The van der Waals surface area contributed by atoms with Crippen molar-refractivity contribution in [2.75, 3.05) is 11.9 Å². The summed E-state index contributed by atoms with van der Waals surface area (Å²) in [5.74, 6) is -0.294. The van der Waals surface area contributed by atoms with E-state index in [1.54, 1.807) is 11.3 Å². The van der Waals surface area contributed by atoms with Crippen molar-refractivity contribution in [1.82, 2.24) is 0 Å². The van der Waals surface area contributed by atoms with Crippen molar-refractivity contribution in [1.29, 1.82) is 0 Å². The van der Waals surface area contributed by atoms with Gasteiger partial charge in [-0.05, 0) is 56.6 Å². The van der Waals surface area contributed by atoms with Gasteiger partial charge in [0.1, 0.15) is 5.00 Å². The number of esters is 1. The Hall–Kier alpha value is -2.14. The molecule has 0 bridgehead atoms. The van der Waals surface area contributed by atoms with Gasteiger partial charge in [-0.2, -0.15) is 0 Å². The van der Waals surface area contributed by atoms with E-state index in [9.17, 15) is 9.59 Å². The summed E-state index contributed by atoms with van der Waals surface area (Å²) in [5, 5.41) is 3.85. The van der Waals surface area contributed by atoms with Crippen LogP contribution in [0.25, 0.3) is 0 Å². The number of carbonyl (C=O) groups is 2. The minimum Gasteiger partial charge on any atom is -0.462 e. The summed E-state index contributed by atoms with van der Waals surface area (Å²) in [4.78, 5) is 27.4. The van der Waals surface area contributed by atoms with Crippen molar-refractivity contribution in [2.45, 2.75) is 63.7 Å². The highest BCUT2D eigenvalue weighted by Crippen LogP contribution is 2.44. The molecule has 5 heteroatoms. The maximum atomic E-state index is 13.5. The van der Waals surface area contributed by atoms with Crippen LogP contribution in [0.2, 0.25) is 0 Å². The van der Waals surface area contributed by atoms with E-state index < -0.39 is 5.41 Å². The Morgan fingerprint density at radius 2 is 1.79 bits per heavy atom. The van der Waals surface area contributed by atoms with Crippen molar-refractivity contribution in [3.05, 3.63) is 51.9 Å². The highest BCUT2D eigenvalue weighted by atomic mass is 32.1. The van der Waals surface area contributed by atoms with E-state index in [1.165, 1.54) is 4.88 Å². The lowest BCUT2D eigenvalue weighted by atomic mass is 9.78. The van der Waals surface area contributed by atoms with Crippen molar-refractivity contribution in [2.24, 2.45) is 0 Å². The zero-order chi connectivity index (χ0) is 19.6. The van der Waals surface area contributed by atoms with Crippen LogP contribution in [0.1, 0.15) is 71.8 Å². The summed E-state index contributed by atoms with van der Waals surface area (Å²) < 4.78 is 5.33. The fourth-order valence-corrected chi connectivity index (χ4v) is 5.95. The molecule has 1 aromatic carbocycles. The second-order valence-electron chi connectivity index (χ2n) is 7.74. The third kappa shape index (κ3) is 3.37. The predicted molar refractivity (Wildman–Crippen MR) is 112 cm³/mol. The number of fused-ring (bicyclic) bond motifs is 1. The van der Waals surface area contributed by atoms with Crippen LogP contribution >= 0.6 is 11.3 Å². The lowest BCUT2D eigenvalue weighted by Gasteiger charge is -2.28. The third-order valence-electron chi connectivity index (χ3n) is 6.10. The highest BCUT2D eigenvalue weighted by Gasteiger charge is 2.43. The summed E-state index contributed by atoms with van der Waals surface area (Å²) in [5.41, 5.74) is 2.25. The van der Waals surface area contributed by atoms with E-state index in [4.69, 9.17) is 4.74 Å². The Morgan fingerprint density at radius 1 is 1.07 bits per heavy atom. The molecule has 1 aromatic heterocycles. The fourth-order valence-electron chi connectivity index (χ4n) is 4.68. The predicted octanol–water partition coefficient (Wildman–Crippen LogP) is 5.25. The molecule has 0 spiro atoms. The van der Waals surface area contributed by atoms with Gasteiger partial charge in [-0.25, -0.2) is 4.79 Å². The van der Waals surface area contributed by atoms with Crippen molar-refractivity contribution >= 4 is 28.2 Å². The van der Waals surface area contributed by atoms with Crippen molar-refractivity contribution in [3.63, 3.8) is 0 Å². The summed E-state index contributed by atoms with van der Waals surface area (Å²) in [6.07, 6.45) is 7.88. The Kier molecular flexibility index (Phi) is 5.54. The number of ether oxygens (including phenoxy) is 1. The first-order valence-electron chi connectivity index (χ1n) is 10.3. The molecular formula is C23H27NO3S. The second kappa shape index (κ2) is 8.08. The van der Waals surface area contributed by atoms with Crippen LogP contribution in [0.5, 0.6) is 0 Å². The average molecular weight is 398 g/mol. The summed E-state index contributed by atoms with van der Waals surface area (Å²) in [6.45, 7) is 2.16. The molecule has 2 aliphatic carbocycles. The normalized spacial score (nSPS) is 17.8. The average Bonchev–Trinajstić information content (AvgIpc) is 3.34. The molecule has 0 radical (unpaired) electrons. The summed E-state index contributed by atoms with van der Waals surface area (Å²) in [7, 11) is 0. The van der Waals surface area contributed by atoms with Crippen molar-refractivity contribution < 1.29 is 14.3 Å². The number of nitrogens with one attached hydrogen (secondary N) is 1. The van der Waals surface area contributed by atoms with Crippen LogP contribution in [0, 0.1) is 0 Å². The lowest BCUT2D eigenvalue weighted by Crippen LogP contribution is -2.38. The number of thiophene rings is 1. The number of rotatable bonds is 5. The molecule has 148 valence electrons. The Morgan fingerprint density at radius 3 is 2.50 bits per heavy atom. The van der Waals surface area contributed by atoms with Crippen LogP contribution in [-0.2, 0) is 27.8 Å². The van der Waals surface area contributed by atoms with Gasteiger partial charge in [-0.3, -0.25) is 4.79 Å². The van der Waals surface area contributed by atoms with Gasteiger partial charge in [-0.1, -0.05) is 43.2 Å². The van der Waals surface area contributed by atoms with E-state index >= 15 is 0 Å². The quantitative estimate of drug-likeness (QED) is 0.701. The number of carbonyl (C=O) groups excluding carboxylic acids is 2. The highest BCUT2D eigenvalue weighted by molar-refractivity contribution is 7.17. The molecule has 4 rings (SSSR count). The molecule has 1 amide bonds. The summed E-state index contributed by atoms with van der Waals surface area (Å²) >= 11 is 1.56. The maximum absolute atomic E-state index is 13.5. The fraction of sp³-hybridized carbons (Fsp3) is 0.478. The van der Waals surface area contributed by atoms with Gasteiger partial charge >= 0.3 is 5.97 Å². The first-order valence-corrected chi connectivity index (χ1v) is 11.2. The molecule has 2 aliphatic rings. The molecule has 0 unspecified atom stereocenters. The van der Waals surface area contributed by atoms with Gasteiger partial charge in [0.05, 0.1) is 17.6 Å². The zero-order valence-corrected chi connectivity index (χ0v) is 17.2. The van der Waals surface area contributed by atoms with Gasteiger partial charge in [0.15, 0.2) is 0 Å². The number of aryl methyl sites for hydroxylation is 1. The molecule has 1 N–H and O–H groups in total. The number of hydrogen-bond donors (Lipinski definition) is 1. The second-order valence-corrected chi connectivity index (χ2v) is 8.85. The number of hydrogen-bond acceptors (Lipinski definition) is 4. The first-order chi connectivity index (χ1) is 13.7. The van der Waals surface area contributed by atoms with Crippen LogP contribution in [-0.4, -0.2) is 18.5 Å². The van der Waals surface area contributed by atoms with Gasteiger partial charge < -0.3 is 10.1 Å². The summed E-state index contributed by atoms with van der Waals surface area (Å²) in [6, 6.07) is 10.1. The van der Waals surface area contributed by atoms with Crippen LogP contribution < -0.4 is 5.32 Å². The number of amides is 1. The molecular weight excluding hydrogens is 370 g/mol. The van der Waals surface area contributed by atoms with Gasteiger partial charge in [0, 0.05) is 4.88 Å². The van der Waals surface area contributed by atoms with E-state index in [1.807, 2.05) is 25.1 Å². The van der Waals surface area contributed by atoms with Gasteiger partial charge in [-0.15, -0.1) is 11.3 Å². The molecule has 28 heavy (non-hydrogen) atoms. The number of anilines is 1. The van der Waals surface area contributed by atoms with Crippen LogP contribution in [0.4, 0.5) is 5.00 Å². The molecule has 1 heterocycles. The van der Waals surface area contributed by atoms with Gasteiger partial charge in [0.25, 0.3) is 0 Å². The van der Waals surface area contributed by atoms with E-state index in [0.29, 0.717) is 17.2 Å². The van der Waals surface area contributed by atoms with E-state index in [0.717, 1.165) is 62.5 Å². The molecule has 0 atom stereocenters. The Bertz CT molecular complexity index is 865. The number of benzene rings is 1. The van der Waals surface area contributed by atoms with E-state index in [2.05, 4.69) is 17.4 Å². The van der Waals surface area contributed by atoms with E-state index in [-0.39, 0.29) is 11.9 Å². The standard InChI is InChI=1S/C23H27NO3S/c1-2-27-21(25)19-17-12-6-7-13-18(17)28-20(19)24-22(26)23(14-8-9-15-23)16-10-4-3-5-11-16/h3-5,10-11H,2,6-9,12-15H2,1H3,(H,24,26). The molecule has 1 saturated carbocycles. The minimum atomic E-state index is -0.502. The van der Waals surface area contributed by atoms with Crippen LogP contribution in [0.15, 0.2) is 30.3 Å². The van der Waals surface area contributed by atoms with Crippen molar-refractivity contribution in [3.8, 4) is 0 Å². The Labute approximate surface area is 170 Å². The molecule has 4 nitrogen and oxygen atoms in total. The zero-order valence-electron chi connectivity index (χ0n) is 16.4.